The molecule has 0 aromatic carbocycles. The smallest absolute Gasteiger partial charge is 0.410 e. The van der Waals surface area contributed by atoms with Crippen LogP contribution in [0.3, 0.4) is 0 Å². The number of hydrogen-bond donors (Lipinski definition) is 1. The second kappa shape index (κ2) is 7.09. The van der Waals surface area contributed by atoms with Crippen LogP contribution in [0.4, 0.5) is 4.79 Å². The number of hydrogen-bond acceptors (Lipinski definition) is 4. The fraction of sp³-hybridized carbons (Fsp3) is 0.647. The van der Waals surface area contributed by atoms with Crippen molar-refractivity contribution in [3.8, 4) is 0 Å². The minimum atomic E-state index is -0.441. The zero-order valence-corrected chi connectivity index (χ0v) is 13.8. The molecule has 1 aliphatic heterocycles. The summed E-state index contributed by atoms with van der Waals surface area (Å²) in [4.78, 5) is 18.1. The summed E-state index contributed by atoms with van der Waals surface area (Å²) in [5, 5.41) is 0. The SMILES string of the molecule is CC(C)(C)OC(=O)N1CCC(C(CN)c2cccnc2)CC1. The molecule has 1 saturated heterocycles. The van der Waals surface area contributed by atoms with Crippen molar-refractivity contribution in [2.24, 2.45) is 11.7 Å². The van der Waals surface area contributed by atoms with Gasteiger partial charge in [0.05, 0.1) is 0 Å². The van der Waals surface area contributed by atoms with Crippen molar-refractivity contribution in [2.75, 3.05) is 19.6 Å². The van der Waals surface area contributed by atoms with Crippen LogP contribution in [0.25, 0.3) is 0 Å². The van der Waals surface area contributed by atoms with E-state index in [2.05, 4.69) is 11.1 Å². The highest BCUT2D eigenvalue weighted by Crippen LogP contribution is 2.32. The molecule has 0 bridgehead atoms. The van der Waals surface area contributed by atoms with Crippen LogP contribution in [0, 0.1) is 5.92 Å². The van der Waals surface area contributed by atoms with Crippen molar-refractivity contribution in [3.63, 3.8) is 0 Å². The second-order valence-corrected chi connectivity index (χ2v) is 6.93. The Morgan fingerprint density at radius 2 is 2.14 bits per heavy atom. The van der Waals surface area contributed by atoms with Gasteiger partial charge in [-0.2, -0.15) is 0 Å². The molecule has 2 N–H and O–H groups in total. The van der Waals surface area contributed by atoms with E-state index < -0.39 is 5.60 Å². The Morgan fingerprint density at radius 3 is 2.64 bits per heavy atom. The van der Waals surface area contributed by atoms with E-state index >= 15 is 0 Å². The van der Waals surface area contributed by atoms with Gasteiger partial charge in [0.25, 0.3) is 0 Å². The van der Waals surface area contributed by atoms with E-state index in [1.165, 1.54) is 5.56 Å². The van der Waals surface area contributed by atoms with Crippen LogP contribution in [0.5, 0.6) is 0 Å². The summed E-state index contributed by atoms with van der Waals surface area (Å²) in [7, 11) is 0. The van der Waals surface area contributed by atoms with Gasteiger partial charge in [0.1, 0.15) is 5.60 Å². The molecule has 122 valence electrons. The average molecular weight is 305 g/mol. The molecule has 0 radical (unpaired) electrons. The van der Waals surface area contributed by atoms with Gasteiger partial charge in [0.2, 0.25) is 0 Å². The van der Waals surface area contributed by atoms with Crippen LogP contribution >= 0.6 is 0 Å². The van der Waals surface area contributed by atoms with Gasteiger partial charge >= 0.3 is 6.09 Å². The normalized spacial score (nSPS) is 18.1. The Morgan fingerprint density at radius 1 is 1.45 bits per heavy atom. The van der Waals surface area contributed by atoms with E-state index in [9.17, 15) is 4.79 Å². The van der Waals surface area contributed by atoms with Crippen LogP contribution in [-0.4, -0.2) is 41.2 Å². The Bertz CT molecular complexity index is 476. The summed E-state index contributed by atoms with van der Waals surface area (Å²) in [5.41, 5.74) is 6.73. The number of rotatable bonds is 3. The van der Waals surface area contributed by atoms with Crippen LogP contribution < -0.4 is 5.73 Å². The summed E-state index contributed by atoms with van der Waals surface area (Å²) in [6.45, 7) is 7.76. The van der Waals surface area contributed by atoms with Crippen molar-refractivity contribution >= 4 is 6.09 Å². The summed E-state index contributed by atoms with van der Waals surface area (Å²) >= 11 is 0. The van der Waals surface area contributed by atoms with Crippen molar-refractivity contribution in [3.05, 3.63) is 30.1 Å². The summed E-state index contributed by atoms with van der Waals surface area (Å²) in [5.74, 6) is 0.808. The lowest BCUT2D eigenvalue weighted by Gasteiger charge is -2.36. The molecule has 1 amide bonds. The summed E-state index contributed by atoms with van der Waals surface area (Å²) < 4.78 is 5.44. The first-order chi connectivity index (χ1) is 10.4. The molecule has 1 fully saturated rings. The molecular formula is C17H27N3O2. The lowest BCUT2D eigenvalue weighted by molar-refractivity contribution is 0.0175. The fourth-order valence-corrected chi connectivity index (χ4v) is 3.01. The van der Waals surface area contributed by atoms with Gasteiger partial charge in [-0.3, -0.25) is 4.98 Å². The number of ether oxygens (including phenoxy) is 1. The third-order valence-electron chi connectivity index (χ3n) is 4.13. The van der Waals surface area contributed by atoms with E-state index in [4.69, 9.17) is 10.5 Å². The molecular weight excluding hydrogens is 278 g/mol. The predicted molar refractivity (Wildman–Crippen MR) is 86.6 cm³/mol. The third kappa shape index (κ3) is 4.44. The second-order valence-electron chi connectivity index (χ2n) is 6.93. The molecule has 1 aromatic rings. The van der Waals surface area contributed by atoms with E-state index in [0.717, 1.165) is 25.9 Å². The van der Waals surface area contributed by atoms with Crippen LogP contribution in [-0.2, 0) is 4.74 Å². The monoisotopic (exact) mass is 305 g/mol. The maximum atomic E-state index is 12.1. The highest BCUT2D eigenvalue weighted by molar-refractivity contribution is 5.68. The Balaban J connectivity index is 1.92. The molecule has 1 atom stereocenters. The van der Waals surface area contributed by atoms with Crippen LogP contribution in [0.15, 0.2) is 24.5 Å². The zero-order valence-electron chi connectivity index (χ0n) is 13.8. The number of carbonyl (C=O) groups is 1. The van der Waals surface area contributed by atoms with Crippen molar-refractivity contribution in [1.82, 2.24) is 9.88 Å². The lowest BCUT2D eigenvalue weighted by atomic mass is 9.80. The predicted octanol–water partition coefficient (Wildman–Crippen LogP) is 2.77. The molecule has 0 aliphatic carbocycles. The number of carbonyl (C=O) groups excluding carboxylic acids is 1. The van der Waals surface area contributed by atoms with Crippen LogP contribution in [0.1, 0.15) is 45.1 Å². The fourth-order valence-electron chi connectivity index (χ4n) is 3.01. The molecule has 5 heteroatoms. The van der Waals surface area contributed by atoms with Gasteiger partial charge in [-0.15, -0.1) is 0 Å². The number of likely N-dealkylation sites (tertiary alicyclic amines) is 1. The maximum Gasteiger partial charge on any atom is 0.410 e. The van der Waals surface area contributed by atoms with Crippen molar-refractivity contribution in [2.45, 2.75) is 45.1 Å². The topological polar surface area (TPSA) is 68.5 Å². The number of piperidine rings is 1. The van der Waals surface area contributed by atoms with Crippen molar-refractivity contribution in [1.29, 1.82) is 0 Å². The summed E-state index contributed by atoms with van der Waals surface area (Å²) in [6, 6.07) is 4.04. The van der Waals surface area contributed by atoms with Gasteiger partial charge in [-0.05, 0) is 57.7 Å². The molecule has 22 heavy (non-hydrogen) atoms. The molecule has 0 spiro atoms. The molecule has 1 aromatic heterocycles. The van der Waals surface area contributed by atoms with E-state index in [1.54, 1.807) is 11.1 Å². The lowest BCUT2D eigenvalue weighted by Crippen LogP contribution is -2.43. The Hall–Kier alpha value is -1.62. The van der Waals surface area contributed by atoms with Gasteiger partial charge in [-0.25, -0.2) is 4.79 Å². The zero-order chi connectivity index (χ0) is 16.2. The molecule has 1 aliphatic rings. The number of aromatic nitrogens is 1. The summed E-state index contributed by atoms with van der Waals surface area (Å²) in [6.07, 6.45) is 5.38. The number of pyridine rings is 1. The molecule has 1 unspecified atom stereocenters. The largest absolute Gasteiger partial charge is 0.444 e. The number of nitrogens with zero attached hydrogens (tertiary/aromatic N) is 2. The first-order valence-corrected chi connectivity index (χ1v) is 7.98. The average Bonchev–Trinajstić information content (AvgIpc) is 2.48. The maximum absolute atomic E-state index is 12.1. The van der Waals surface area contributed by atoms with E-state index in [1.807, 2.05) is 33.0 Å². The standard InChI is InChI=1S/C17H27N3O2/c1-17(2,3)22-16(21)20-9-6-13(7-10-20)15(11-18)14-5-4-8-19-12-14/h4-5,8,12-13,15H,6-7,9-11,18H2,1-3H3. The number of nitrogens with two attached hydrogens (primary N) is 1. The van der Waals surface area contributed by atoms with Gasteiger partial charge in [0, 0.05) is 31.4 Å². The van der Waals surface area contributed by atoms with Gasteiger partial charge < -0.3 is 15.4 Å². The van der Waals surface area contributed by atoms with Crippen LogP contribution in [0.2, 0.25) is 0 Å². The third-order valence-corrected chi connectivity index (χ3v) is 4.13. The molecule has 2 rings (SSSR count). The van der Waals surface area contributed by atoms with Gasteiger partial charge in [-0.1, -0.05) is 6.07 Å². The number of amides is 1. The highest BCUT2D eigenvalue weighted by atomic mass is 16.6. The Labute approximate surface area is 132 Å². The highest BCUT2D eigenvalue weighted by Gasteiger charge is 2.30. The molecule has 2 heterocycles. The van der Waals surface area contributed by atoms with E-state index in [-0.39, 0.29) is 6.09 Å². The first kappa shape index (κ1) is 16.7. The first-order valence-electron chi connectivity index (χ1n) is 7.98. The molecule has 0 saturated carbocycles. The van der Waals surface area contributed by atoms with E-state index in [0.29, 0.717) is 18.4 Å². The van der Waals surface area contributed by atoms with Gasteiger partial charge in [0.15, 0.2) is 0 Å². The molecule has 5 nitrogen and oxygen atoms in total. The quantitative estimate of drug-likeness (QED) is 0.932. The minimum Gasteiger partial charge on any atom is -0.444 e. The van der Waals surface area contributed by atoms with Crippen molar-refractivity contribution < 1.29 is 9.53 Å². The minimum absolute atomic E-state index is 0.211. The Kier molecular flexibility index (Phi) is 5.40.